The number of aliphatic carboxylic acids is 1. The Kier molecular flexibility index (Phi) is 8.08. The monoisotopic (exact) mass is 447 g/mol. The number of ether oxygens (including phenoxy) is 2. The first-order chi connectivity index (χ1) is 15.9. The van der Waals surface area contributed by atoms with Gasteiger partial charge < -0.3 is 19.5 Å². The van der Waals surface area contributed by atoms with E-state index in [4.69, 9.17) is 14.6 Å². The maximum absolute atomic E-state index is 12.4. The highest BCUT2D eigenvalue weighted by atomic mass is 16.5. The molecule has 6 nitrogen and oxygen atoms in total. The molecule has 0 radical (unpaired) electrons. The van der Waals surface area contributed by atoms with Gasteiger partial charge in [-0.1, -0.05) is 48.5 Å². The van der Waals surface area contributed by atoms with Crippen LogP contribution in [0.3, 0.4) is 0 Å². The van der Waals surface area contributed by atoms with Crippen LogP contribution in [0.1, 0.15) is 31.9 Å². The molecule has 0 unspecified atom stereocenters. The lowest BCUT2D eigenvalue weighted by molar-refractivity contribution is -0.139. The van der Waals surface area contributed by atoms with Crippen LogP contribution in [-0.4, -0.2) is 41.6 Å². The molecule has 0 aliphatic rings. The summed E-state index contributed by atoms with van der Waals surface area (Å²) in [5.74, 6) is -0.389. The molecule has 0 spiro atoms. The molecule has 3 aromatic rings. The Labute approximate surface area is 194 Å². The van der Waals surface area contributed by atoms with Gasteiger partial charge in [0.2, 0.25) is 5.91 Å². The molecule has 0 saturated carbocycles. The molecule has 0 saturated heterocycles. The number of nitrogens with zero attached hydrogens (tertiary/aromatic N) is 1. The average Bonchev–Trinajstić information content (AvgIpc) is 2.82. The van der Waals surface area contributed by atoms with Crippen molar-refractivity contribution in [3.05, 3.63) is 77.9 Å². The predicted octanol–water partition coefficient (Wildman–Crippen LogP) is 5.15. The highest BCUT2D eigenvalue weighted by molar-refractivity contribution is 5.95. The lowest BCUT2D eigenvalue weighted by atomic mass is 10.0. The molecule has 0 fully saturated rings. The van der Waals surface area contributed by atoms with Gasteiger partial charge in [0.05, 0.1) is 0 Å². The second kappa shape index (κ2) is 11.2. The highest BCUT2D eigenvalue weighted by Gasteiger charge is 2.13. The molecule has 1 amide bonds. The molecule has 3 rings (SSSR count). The number of allylic oxidation sites excluding steroid dienone is 1. The summed E-state index contributed by atoms with van der Waals surface area (Å²) < 4.78 is 11.6. The Balaban J connectivity index is 1.86. The van der Waals surface area contributed by atoms with Crippen molar-refractivity contribution in [2.24, 2.45) is 0 Å². The Morgan fingerprint density at radius 3 is 2.39 bits per heavy atom. The first kappa shape index (κ1) is 23.9. The number of hydrogen-bond acceptors (Lipinski definition) is 4. The standard InChI is InChI=1S/C27H29NO5/c1-4-28(5-2)26(29)15-19(3)21-13-14-24(25(16-21)33-18-27(30)31)32-17-22-11-8-10-20-9-6-7-12-23(20)22/h6-16H,4-5,17-18H2,1-3H3,(H,30,31). The van der Waals surface area contributed by atoms with E-state index in [2.05, 4.69) is 0 Å². The van der Waals surface area contributed by atoms with E-state index in [0.29, 0.717) is 31.2 Å². The van der Waals surface area contributed by atoms with Gasteiger partial charge >= 0.3 is 5.97 Å². The summed E-state index contributed by atoms with van der Waals surface area (Å²) in [7, 11) is 0. The Bertz CT molecular complexity index is 1160. The number of likely N-dealkylation sites (N-methyl/N-ethyl adjacent to an activating group) is 1. The van der Waals surface area contributed by atoms with Crippen molar-refractivity contribution in [1.29, 1.82) is 0 Å². The first-order valence-electron chi connectivity index (χ1n) is 11.0. The highest BCUT2D eigenvalue weighted by Crippen LogP contribution is 2.32. The molecular weight excluding hydrogens is 418 g/mol. The van der Waals surface area contributed by atoms with E-state index < -0.39 is 12.6 Å². The summed E-state index contributed by atoms with van der Waals surface area (Å²) in [6.45, 7) is 6.79. The van der Waals surface area contributed by atoms with E-state index in [0.717, 1.165) is 27.5 Å². The number of fused-ring (bicyclic) bond motifs is 1. The van der Waals surface area contributed by atoms with Crippen molar-refractivity contribution in [2.75, 3.05) is 19.7 Å². The Morgan fingerprint density at radius 1 is 0.939 bits per heavy atom. The molecular formula is C27H29NO5. The number of carbonyl (C=O) groups is 2. The van der Waals surface area contributed by atoms with Crippen LogP contribution >= 0.6 is 0 Å². The zero-order valence-corrected chi connectivity index (χ0v) is 19.2. The Hall–Kier alpha value is -3.80. The van der Waals surface area contributed by atoms with Crippen molar-refractivity contribution in [1.82, 2.24) is 4.90 Å². The van der Waals surface area contributed by atoms with Gasteiger partial charge in [0.1, 0.15) is 6.61 Å². The van der Waals surface area contributed by atoms with Gasteiger partial charge in [0.25, 0.3) is 0 Å². The SMILES string of the molecule is CCN(CC)C(=O)C=C(C)c1ccc(OCc2cccc3ccccc23)c(OCC(=O)O)c1. The van der Waals surface area contributed by atoms with Crippen LogP contribution in [-0.2, 0) is 16.2 Å². The van der Waals surface area contributed by atoms with E-state index in [9.17, 15) is 9.59 Å². The van der Waals surface area contributed by atoms with E-state index in [1.54, 1.807) is 23.1 Å². The summed E-state index contributed by atoms with van der Waals surface area (Å²) in [4.78, 5) is 25.3. The lowest BCUT2D eigenvalue weighted by Crippen LogP contribution is -2.28. The summed E-state index contributed by atoms with van der Waals surface area (Å²) in [5.41, 5.74) is 2.53. The van der Waals surface area contributed by atoms with Crippen molar-refractivity contribution in [3.8, 4) is 11.5 Å². The second-order valence-electron chi connectivity index (χ2n) is 7.61. The number of rotatable bonds is 10. The minimum Gasteiger partial charge on any atom is -0.485 e. The summed E-state index contributed by atoms with van der Waals surface area (Å²) in [5, 5.41) is 11.3. The quantitative estimate of drug-likeness (QED) is 0.435. The molecule has 0 heterocycles. The zero-order valence-electron chi connectivity index (χ0n) is 19.2. The lowest BCUT2D eigenvalue weighted by Gasteiger charge is -2.17. The number of carboxylic acid groups (broad SMARTS) is 1. The minimum absolute atomic E-state index is 0.0678. The fourth-order valence-electron chi connectivity index (χ4n) is 3.59. The fourth-order valence-corrected chi connectivity index (χ4v) is 3.59. The molecule has 3 aromatic carbocycles. The molecule has 0 bridgehead atoms. The van der Waals surface area contributed by atoms with Crippen LogP contribution in [0.4, 0.5) is 0 Å². The van der Waals surface area contributed by atoms with Gasteiger partial charge in [-0.15, -0.1) is 0 Å². The number of carboxylic acids is 1. The second-order valence-corrected chi connectivity index (χ2v) is 7.61. The zero-order chi connectivity index (χ0) is 23.8. The van der Waals surface area contributed by atoms with Crippen LogP contribution in [0.15, 0.2) is 66.7 Å². The van der Waals surface area contributed by atoms with Crippen molar-refractivity contribution < 1.29 is 24.2 Å². The van der Waals surface area contributed by atoms with Crippen LogP contribution in [0.2, 0.25) is 0 Å². The number of amides is 1. The van der Waals surface area contributed by atoms with Crippen LogP contribution < -0.4 is 9.47 Å². The molecule has 6 heteroatoms. The smallest absolute Gasteiger partial charge is 0.341 e. The van der Waals surface area contributed by atoms with Gasteiger partial charge in [0.15, 0.2) is 18.1 Å². The summed E-state index contributed by atoms with van der Waals surface area (Å²) >= 11 is 0. The topological polar surface area (TPSA) is 76.1 Å². The van der Waals surface area contributed by atoms with Gasteiger partial charge in [-0.3, -0.25) is 4.79 Å². The van der Waals surface area contributed by atoms with E-state index in [1.807, 2.05) is 69.3 Å². The maximum Gasteiger partial charge on any atom is 0.341 e. The Morgan fingerprint density at radius 2 is 1.67 bits per heavy atom. The van der Waals surface area contributed by atoms with E-state index in [1.165, 1.54) is 0 Å². The third-order valence-electron chi connectivity index (χ3n) is 5.43. The fraction of sp³-hybridized carbons (Fsp3) is 0.259. The summed E-state index contributed by atoms with van der Waals surface area (Å²) in [6, 6.07) is 19.4. The molecule has 0 aromatic heterocycles. The molecule has 0 atom stereocenters. The normalized spacial score (nSPS) is 11.3. The van der Waals surface area contributed by atoms with Crippen LogP contribution in [0, 0.1) is 0 Å². The van der Waals surface area contributed by atoms with Gasteiger partial charge in [-0.2, -0.15) is 0 Å². The molecule has 1 N–H and O–H groups in total. The number of benzene rings is 3. The molecule has 33 heavy (non-hydrogen) atoms. The van der Waals surface area contributed by atoms with Gasteiger partial charge in [0, 0.05) is 19.2 Å². The van der Waals surface area contributed by atoms with Gasteiger partial charge in [-0.25, -0.2) is 4.79 Å². The predicted molar refractivity (Wildman–Crippen MR) is 129 cm³/mol. The van der Waals surface area contributed by atoms with Gasteiger partial charge in [-0.05, 0) is 60.4 Å². The van der Waals surface area contributed by atoms with Crippen LogP contribution in [0.25, 0.3) is 16.3 Å². The van der Waals surface area contributed by atoms with E-state index >= 15 is 0 Å². The molecule has 0 aliphatic carbocycles. The van der Waals surface area contributed by atoms with Crippen molar-refractivity contribution >= 4 is 28.2 Å². The van der Waals surface area contributed by atoms with Crippen molar-refractivity contribution in [2.45, 2.75) is 27.4 Å². The minimum atomic E-state index is -1.08. The molecule has 0 aliphatic heterocycles. The molecule has 172 valence electrons. The number of hydrogen-bond donors (Lipinski definition) is 1. The average molecular weight is 448 g/mol. The third kappa shape index (κ3) is 6.13. The largest absolute Gasteiger partial charge is 0.485 e. The maximum atomic E-state index is 12.4. The first-order valence-corrected chi connectivity index (χ1v) is 11.0. The third-order valence-corrected chi connectivity index (χ3v) is 5.43. The van der Waals surface area contributed by atoms with Crippen LogP contribution in [0.5, 0.6) is 11.5 Å². The summed E-state index contributed by atoms with van der Waals surface area (Å²) in [6.07, 6.45) is 1.58. The number of carbonyl (C=O) groups excluding carboxylic acids is 1. The van der Waals surface area contributed by atoms with Crippen molar-refractivity contribution in [3.63, 3.8) is 0 Å². The van der Waals surface area contributed by atoms with E-state index in [-0.39, 0.29) is 5.91 Å².